The Hall–Kier alpha value is -2.45. The number of rotatable bonds is 4. The summed E-state index contributed by atoms with van der Waals surface area (Å²) in [4.78, 5) is 30.3. The largest absolute Gasteiger partial charge is 0.444 e. The van der Waals surface area contributed by atoms with E-state index in [1.165, 1.54) is 23.1 Å². The summed E-state index contributed by atoms with van der Waals surface area (Å²) in [6, 6.07) is 3.51. The Morgan fingerprint density at radius 2 is 2.04 bits per heavy atom. The molecule has 3 atom stereocenters. The minimum atomic E-state index is -3.00. The maximum Gasteiger partial charge on any atom is 0.411 e. The number of carbonyl (C=O) groups is 2. The molecule has 2 heterocycles. The number of nitrogens with one attached hydrogen (secondary N) is 1. The molecule has 1 saturated heterocycles. The van der Waals surface area contributed by atoms with Crippen LogP contribution >= 0.6 is 0 Å². The molecule has 1 unspecified atom stereocenters. The highest BCUT2D eigenvalue weighted by atomic mass is 19.3. The normalized spacial score (nSPS) is 24.2. The topological polar surface area (TPSA) is 80.8 Å². The molecule has 26 heavy (non-hydrogen) atoms. The van der Waals surface area contributed by atoms with Crippen molar-refractivity contribution in [2.45, 2.75) is 57.9 Å². The second kappa shape index (κ2) is 6.69. The number of anilines is 1. The van der Waals surface area contributed by atoms with Gasteiger partial charge in [-0.3, -0.25) is 9.69 Å². The van der Waals surface area contributed by atoms with E-state index in [0.717, 1.165) is 6.42 Å². The van der Waals surface area contributed by atoms with Gasteiger partial charge in [0.25, 0.3) is 0 Å². The number of aromatic nitrogens is 1. The van der Waals surface area contributed by atoms with Crippen molar-refractivity contribution >= 4 is 17.8 Å². The zero-order valence-corrected chi connectivity index (χ0v) is 14.7. The molecule has 1 aliphatic heterocycles. The van der Waals surface area contributed by atoms with Gasteiger partial charge in [-0.15, -0.1) is 0 Å². The van der Waals surface area contributed by atoms with Crippen molar-refractivity contribution in [2.24, 2.45) is 5.92 Å². The van der Waals surface area contributed by atoms with Crippen molar-refractivity contribution < 1.29 is 27.8 Å². The lowest BCUT2D eigenvalue weighted by Gasteiger charge is -2.29. The maximum atomic E-state index is 12.6. The predicted octanol–water partition coefficient (Wildman–Crippen LogP) is 3.02. The average Bonchev–Trinajstić information content (AvgIpc) is 3.14. The monoisotopic (exact) mass is 369 g/mol. The van der Waals surface area contributed by atoms with E-state index >= 15 is 0 Å². The molecular weight excluding hydrogens is 348 g/mol. The van der Waals surface area contributed by atoms with Gasteiger partial charge >= 0.3 is 12.7 Å². The smallest absolute Gasteiger partial charge is 0.411 e. The molecule has 2 aliphatic rings. The molecule has 0 spiro atoms. The highest BCUT2D eigenvalue weighted by molar-refractivity contribution is 5.96. The van der Waals surface area contributed by atoms with E-state index in [1.54, 1.807) is 20.8 Å². The summed E-state index contributed by atoms with van der Waals surface area (Å²) < 4.78 is 34.2. The predicted molar refractivity (Wildman–Crippen MR) is 87.9 cm³/mol. The van der Waals surface area contributed by atoms with Crippen LogP contribution in [0.15, 0.2) is 18.2 Å². The van der Waals surface area contributed by atoms with Crippen LogP contribution in [0, 0.1) is 5.92 Å². The number of fused-ring (bicyclic) bond motifs is 1. The molecule has 1 aromatic rings. The molecule has 7 nitrogen and oxygen atoms in total. The highest BCUT2D eigenvalue weighted by Gasteiger charge is 2.57. The molecule has 1 saturated carbocycles. The van der Waals surface area contributed by atoms with Gasteiger partial charge in [-0.2, -0.15) is 13.8 Å². The molecule has 1 aliphatic carbocycles. The number of likely N-dealkylation sites (tertiary alicyclic amines) is 1. The highest BCUT2D eigenvalue weighted by Crippen LogP contribution is 2.48. The van der Waals surface area contributed by atoms with Crippen LogP contribution in [0.25, 0.3) is 0 Å². The van der Waals surface area contributed by atoms with Crippen LogP contribution in [0.4, 0.5) is 19.4 Å². The SMILES string of the molecule is CC(C)(C)OC(=O)N1C(C(=O)Nc2cccc(OC(F)F)n2)C[C@H]2C[C@@H]21. The Morgan fingerprint density at radius 3 is 2.69 bits per heavy atom. The van der Waals surface area contributed by atoms with Gasteiger partial charge in [0, 0.05) is 12.1 Å². The summed E-state index contributed by atoms with van der Waals surface area (Å²) in [6.07, 6.45) is 0.882. The second-order valence-electron chi connectivity index (χ2n) is 7.43. The molecule has 2 fully saturated rings. The summed E-state index contributed by atoms with van der Waals surface area (Å²) in [7, 11) is 0. The van der Waals surface area contributed by atoms with Gasteiger partial charge in [-0.05, 0) is 45.6 Å². The van der Waals surface area contributed by atoms with Gasteiger partial charge in [-0.25, -0.2) is 4.79 Å². The number of piperidine rings is 1. The summed E-state index contributed by atoms with van der Waals surface area (Å²) in [5.41, 5.74) is -0.659. The van der Waals surface area contributed by atoms with Crippen LogP contribution in [0.1, 0.15) is 33.6 Å². The summed E-state index contributed by atoms with van der Waals surface area (Å²) in [5, 5.41) is 2.56. The number of nitrogens with zero attached hydrogens (tertiary/aromatic N) is 2. The lowest BCUT2D eigenvalue weighted by Crippen LogP contribution is -2.47. The van der Waals surface area contributed by atoms with E-state index in [1.807, 2.05) is 0 Å². The van der Waals surface area contributed by atoms with Gasteiger partial charge < -0.3 is 14.8 Å². The number of hydrogen-bond donors (Lipinski definition) is 1. The number of halogens is 2. The Morgan fingerprint density at radius 1 is 1.31 bits per heavy atom. The fraction of sp³-hybridized carbons (Fsp3) is 0.588. The molecule has 0 bridgehead atoms. The van der Waals surface area contributed by atoms with Crippen molar-refractivity contribution in [3.63, 3.8) is 0 Å². The first kappa shape index (κ1) is 18.3. The first-order chi connectivity index (χ1) is 12.1. The zero-order valence-electron chi connectivity index (χ0n) is 14.7. The van der Waals surface area contributed by atoms with E-state index in [0.29, 0.717) is 12.3 Å². The van der Waals surface area contributed by atoms with Gasteiger partial charge in [0.15, 0.2) is 0 Å². The molecule has 1 N–H and O–H groups in total. The van der Waals surface area contributed by atoms with Gasteiger partial charge in [0.05, 0.1) is 0 Å². The summed E-state index contributed by atoms with van der Waals surface area (Å²) >= 11 is 0. The van der Waals surface area contributed by atoms with E-state index < -0.39 is 30.3 Å². The summed E-state index contributed by atoms with van der Waals surface area (Å²) in [5.74, 6) is -0.349. The van der Waals surface area contributed by atoms with E-state index in [9.17, 15) is 18.4 Å². The van der Waals surface area contributed by atoms with Crippen LogP contribution in [0.5, 0.6) is 5.88 Å². The van der Waals surface area contributed by atoms with Gasteiger partial charge in [0.1, 0.15) is 17.5 Å². The van der Waals surface area contributed by atoms with E-state index in [-0.39, 0.29) is 17.7 Å². The third-order valence-electron chi connectivity index (χ3n) is 4.20. The van der Waals surface area contributed by atoms with Crippen molar-refractivity contribution in [1.82, 2.24) is 9.88 Å². The van der Waals surface area contributed by atoms with Gasteiger partial charge in [-0.1, -0.05) is 6.07 Å². The molecule has 2 amide bonds. The second-order valence-corrected chi connectivity index (χ2v) is 7.43. The average molecular weight is 369 g/mol. The first-order valence-electron chi connectivity index (χ1n) is 8.38. The fourth-order valence-corrected chi connectivity index (χ4v) is 3.12. The number of pyridine rings is 1. The van der Waals surface area contributed by atoms with Crippen LogP contribution in [-0.4, -0.2) is 46.2 Å². The van der Waals surface area contributed by atoms with Crippen molar-refractivity contribution in [1.29, 1.82) is 0 Å². The fourth-order valence-electron chi connectivity index (χ4n) is 3.12. The standard InChI is InChI=1S/C17H21F2N3O4/c1-17(2,3)26-16(24)22-10-7-9(10)8-11(22)14(23)21-12-5-4-6-13(20-12)25-15(18)19/h4-6,9-11,15H,7-8H2,1-3H3,(H,20,21,23)/t9-,10+,11?/m1/s1. The first-order valence-corrected chi connectivity index (χ1v) is 8.38. The lowest BCUT2D eigenvalue weighted by molar-refractivity contribution is -0.121. The molecule has 0 aromatic carbocycles. The number of carbonyl (C=O) groups excluding carboxylic acids is 2. The molecule has 1 aromatic heterocycles. The third-order valence-corrected chi connectivity index (χ3v) is 4.20. The lowest BCUT2D eigenvalue weighted by atomic mass is 10.1. The Kier molecular flexibility index (Phi) is 4.72. The minimum absolute atomic E-state index is 0.0158. The van der Waals surface area contributed by atoms with Crippen LogP contribution in [0.3, 0.4) is 0 Å². The minimum Gasteiger partial charge on any atom is -0.444 e. The van der Waals surface area contributed by atoms with Crippen molar-refractivity contribution in [3.8, 4) is 5.88 Å². The van der Waals surface area contributed by atoms with Gasteiger partial charge in [0.2, 0.25) is 11.8 Å². The number of hydrogen-bond acceptors (Lipinski definition) is 5. The zero-order chi connectivity index (χ0) is 19.1. The quantitative estimate of drug-likeness (QED) is 0.882. The summed E-state index contributed by atoms with van der Waals surface area (Å²) in [6.45, 7) is 2.29. The molecule has 9 heteroatoms. The van der Waals surface area contributed by atoms with Crippen LogP contribution in [-0.2, 0) is 9.53 Å². The molecular formula is C17H21F2N3O4. The van der Waals surface area contributed by atoms with E-state index in [4.69, 9.17) is 4.74 Å². The molecule has 3 rings (SSSR count). The Balaban J connectivity index is 1.68. The Bertz CT molecular complexity index is 707. The van der Waals surface area contributed by atoms with Crippen molar-refractivity contribution in [3.05, 3.63) is 18.2 Å². The van der Waals surface area contributed by atoms with Crippen LogP contribution < -0.4 is 10.1 Å². The number of alkyl halides is 2. The number of amides is 2. The maximum absolute atomic E-state index is 12.6. The van der Waals surface area contributed by atoms with E-state index in [2.05, 4.69) is 15.0 Å². The third kappa shape index (κ3) is 4.20. The Labute approximate surface area is 149 Å². The number of ether oxygens (including phenoxy) is 2. The van der Waals surface area contributed by atoms with Crippen LogP contribution in [0.2, 0.25) is 0 Å². The van der Waals surface area contributed by atoms with Crippen molar-refractivity contribution in [2.75, 3.05) is 5.32 Å². The molecule has 0 radical (unpaired) electrons. The molecule has 142 valence electrons.